The third-order valence-corrected chi connectivity index (χ3v) is 3.20. The molecule has 1 aromatic carbocycles. The highest BCUT2D eigenvalue weighted by molar-refractivity contribution is 5.75. The van der Waals surface area contributed by atoms with Gasteiger partial charge in [0.2, 0.25) is 5.91 Å². The van der Waals surface area contributed by atoms with Gasteiger partial charge in [0.25, 0.3) is 0 Å². The van der Waals surface area contributed by atoms with E-state index in [9.17, 15) is 4.79 Å². The molecule has 2 N–H and O–H groups in total. The van der Waals surface area contributed by atoms with Gasteiger partial charge in [0.05, 0.1) is 40.1 Å². The molecule has 0 unspecified atom stereocenters. The molecule has 0 radical (unpaired) electrons. The Kier molecular flexibility index (Phi) is 10.9. The van der Waals surface area contributed by atoms with E-state index in [1.807, 2.05) is 24.3 Å². The van der Waals surface area contributed by atoms with Crippen LogP contribution in [-0.2, 0) is 20.7 Å². The summed E-state index contributed by atoms with van der Waals surface area (Å²) in [7, 11) is 1.64. The van der Waals surface area contributed by atoms with Crippen molar-refractivity contribution in [1.29, 1.82) is 0 Å². The fourth-order valence-electron chi connectivity index (χ4n) is 1.98. The van der Waals surface area contributed by atoms with Crippen LogP contribution in [0.5, 0.6) is 5.75 Å². The highest BCUT2D eigenvalue weighted by atomic mass is 16.5. The molecule has 0 aromatic heterocycles. The zero-order valence-corrected chi connectivity index (χ0v) is 13.8. The van der Waals surface area contributed by atoms with Crippen molar-refractivity contribution in [2.75, 3.05) is 46.7 Å². The minimum absolute atomic E-state index is 0.0204. The predicted octanol–water partition coefficient (Wildman–Crippen LogP) is 1.16. The molecule has 0 spiro atoms. The summed E-state index contributed by atoms with van der Waals surface area (Å²) in [5, 5.41) is 11.3. The van der Waals surface area contributed by atoms with Crippen LogP contribution in [0.3, 0.4) is 0 Å². The maximum absolute atomic E-state index is 11.7. The van der Waals surface area contributed by atoms with Gasteiger partial charge in [0, 0.05) is 13.0 Å². The Labute approximate surface area is 137 Å². The van der Waals surface area contributed by atoms with Crippen LogP contribution in [0.25, 0.3) is 0 Å². The highest BCUT2D eigenvalue weighted by Crippen LogP contribution is 2.13. The molecule has 1 aromatic rings. The normalized spacial score (nSPS) is 10.5. The maximum Gasteiger partial charge on any atom is 0.220 e. The van der Waals surface area contributed by atoms with E-state index in [-0.39, 0.29) is 12.5 Å². The molecule has 6 nitrogen and oxygen atoms in total. The average Bonchev–Trinajstić information content (AvgIpc) is 2.58. The molecular weight excluding hydrogens is 298 g/mol. The number of aliphatic hydroxyl groups is 1. The number of carbonyl (C=O) groups is 1. The Hall–Kier alpha value is -1.63. The molecule has 23 heavy (non-hydrogen) atoms. The Bertz CT molecular complexity index is 421. The summed E-state index contributed by atoms with van der Waals surface area (Å²) in [6.07, 6.45) is 2.19. The molecule has 0 saturated heterocycles. The lowest BCUT2D eigenvalue weighted by molar-refractivity contribution is -0.121. The first kappa shape index (κ1) is 19.4. The molecule has 0 atom stereocenters. The maximum atomic E-state index is 11.7. The van der Waals surface area contributed by atoms with Gasteiger partial charge in [-0.25, -0.2) is 0 Å². The minimum atomic E-state index is 0.0204. The van der Waals surface area contributed by atoms with Gasteiger partial charge >= 0.3 is 0 Å². The van der Waals surface area contributed by atoms with E-state index >= 15 is 0 Å². The van der Waals surface area contributed by atoms with E-state index in [1.54, 1.807) is 7.11 Å². The van der Waals surface area contributed by atoms with E-state index in [0.29, 0.717) is 39.4 Å². The van der Waals surface area contributed by atoms with Gasteiger partial charge in [-0.15, -0.1) is 0 Å². The first-order chi connectivity index (χ1) is 11.3. The predicted molar refractivity (Wildman–Crippen MR) is 87.7 cm³/mol. The van der Waals surface area contributed by atoms with Crippen LogP contribution in [0.15, 0.2) is 24.3 Å². The van der Waals surface area contributed by atoms with Crippen molar-refractivity contribution in [2.45, 2.75) is 19.3 Å². The lowest BCUT2D eigenvalue weighted by atomic mass is 10.1. The van der Waals surface area contributed by atoms with Crippen LogP contribution in [0.4, 0.5) is 0 Å². The minimum Gasteiger partial charge on any atom is -0.497 e. The number of carbonyl (C=O) groups excluding carboxylic acids is 1. The van der Waals surface area contributed by atoms with Crippen molar-refractivity contribution in [3.05, 3.63) is 29.8 Å². The van der Waals surface area contributed by atoms with Crippen molar-refractivity contribution in [2.24, 2.45) is 0 Å². The molecule has 0 aliphatic heterocycles. The molecule has 0 bridgehead atoms. The fourth-order valence-corrected chi connectivity index (χ4v) is 1.98. The van der Waals surface area contributed by atoms with Gasteiger partial charge in [0.15, 0.2) is 0 Å². The van der Waals surface area contributed by atoms with Crippen molar-refractivity contribution in [1.82, 2.24) is 5.32 Å². The van der Waals surface area contributed by atoms with Crippen molar-refractivity contribution < 1.29 is 24.1 Å². The monoisotopic (exact) mass is 325 g/mol. The molecule has 1 amide bonds. The number of rotatable bonds is 13. The third kappa shape index (κ3) is 9.89. The van der Waals surface area contributed by atoms with Crippen LogP contribution in [-0.4, -0.2) is 57.7 Å². The molecule has 0 aliphatic rings. The number of hydrogen-bond donors (Lipinski definition) is 2. The molecule has 0 saturated carbocycles. The van der Waals surface area contributed by atoms with Crippen LogP contribution in [0.2, 0.25) is 0 Å². The number of methoxy groups -OCH3 is 1. The molecule has 0 heterocycles. The van der Waals surface area contributed by atoms with E-state index in [1.165, 1.54) is 5.56 Å². The smallest absolute Gasteiger partial charge is 0.220 e. The largest absolute Gasteiger partial charge is 0.497 e. The second kappa shape index (κ2) is 12.9. The number of benzene rings is 1. The van der Waals surface area contributed by atoms with Crippen LogP contribution >= 0.6 is 0 Å². The number of nitrogens with one attached hydrogen (secondary N) is 1. The van der Waals surface area contributed by atoms with Crippen LogP contribution < -0.4 is 10.1 Å². The third-order valence-electron chi connectivity index (χ3n) is 3.20. The van der Waals surface area contributed by atoms with Gasteiger partial charge in [-0.05, 0) is 30.5 Å². The number of amides is 1. The Morgan fingerprint density at radius 2 is 1.78 bits per heavy atom. The summed E-state index contributed by atoms with van der Waals surface area (Å²) in [4.78, 5) is 11.7. The molecular formula is C17H27NO5. The molecule has 1 rings (SSSR count). The lowest BCUT2D eigenvalue weighted by Gasteiger charge is -2.07. The molecule has 6 heteroatoms. The zero-order chi connectivity index (χ0) is 16.8. The SMILES string of the molecule is COc1ccc(CCCC(=O)NCCOCCOCCO)cc1. The van der Waals surface area contributed by atoms with Gasteiger partial charge in [-0.1, -0.05) is 12.1 Å². The van der Waals surface area contributed by atoms with Crippen LogP contribution in [0, 0.1) is 0 Å². The zero-order valence-electron chi connectivity index (χ0n) is 13.8. The fraction of sp³-hybridized carbons (Fsp3) is 0.588. The number of aryl methyl sites for hydroxylation is 1. The lowest BCUT2D eigenvalue weighted by Crippen LogP contribution is -2.27. The molecule has 0 fully saturated rings. The van der Waals surface area contributed by atoms with E-state index in [4.69, 9.17) is 19.3 Å². The van der Waals surface area contributed by atoms with Crippen molar-refractivity contribution in [3.63, 3.8) is 0 Å². The summed E-state index contributed by atoms with van der Waals surface area (Å²) < 4.78 is 15.5. The highest BCUT2D eigenvalue weighted by Gasteiger charge is 2.01. The first-order valence-electron chi connectivity index (χ1n) is 7.92. The summed E-state index contributed by atoms with van der Waals surface area (Å²) in [6.45, 7) is 2.23. The second-order valence-electron chi connectivity index (χ2n) is 5.00. The Balaban J connectivity index is 1.97. The summed E-state index contributed by atoms with van der Waals surface area (Å²) in [5.41, 5.74) is 1.20. The summed E-state index contributed by atoms with van der Waals surface area (Å²) >= 11 is 0. The van der Waals surface area contributed by atoms with Crippen molar-refractivity contribution in [3.8, 4) is 5.75 Å². The van der Waals surface area contributed by atoms with Gasteiger partial charge in [-0.2, -0.15) is 0 Å². The second-order valence-corrected chi connectivity index (χ2v) is 5.00. The van der Waals surface area contributed by atoms with E-state index in [0.717, 1.165) is 18.6 Å². The van der Waals surface area contributed by atoms with Gasteiger partial charge < -0.3 is 24.6 Å². The van der Waals surface area contributed by atoms with Crippen LogP contribution in [0.1, 0.15) is 18.4 Å². The number of ether oxygens (including phenoxy) is 3. The standard InChI is InChI=1S/C17H27NO5/c1-21-16-7-5-15(6-8-16)3-2-4-17(20)18-9-11-22-13-14-23-12-10-19/h5-8,19H,2-4,9-14H2,1H3,(H,18,20). The Morgan fingerprint density at radius 1 is 1.09 bits per heavy atom. The topological polar surface area (TPSA) is 77.0 Å². The number of aliphatic hydroxyl groups excluding tert-OH is 1. The molecule has 0 aliphatic carbocycles. The average molecular weight is 325 g/mol. The van der Waals surface area contributed by atoms with E-state index < -0.39 is 0 Å². The summed E-state index contributed by atoms with van der Waals surface area (Å²) in [5.74, 6) is 0.881. The van der Waals surface area contributed by atoms with Gasteiger partial charge in [0.1, 0.15) is 5.75 Å². The van der Waals surface area contributed by atoms with Gasteiger partial charge in [-0.3, -0.25) is 4.79 Å². The quantitative estimate of drug-likeness (QED) is 0.532. The first-order valence-corrected chi connectivity index (χ1v) is 7.92. The van der Waals surface area contributed by atoms with E-state index in [2.05, 4.69) is 5.32 Å². The Morgan fingerprint density at radius 3 is 2.43 bits per heavy atom. The molecule has 130 valence electrons. The number of hydrogen-bond acceptors (Lipinski definition) is 5. The van der Waals surface area contributed by atoms with Crippen molar-refractivity contribution >= 4 is 5.91 Å². The summed E-state index contributed by atoms with van der Waals surface area (Å²) in [6, 6.07) is 7.89.